The average molecular weight is 1970 g/mol. The van der Waals surface area contributed by atoms with E-state index in [9.17, 15) is 0 Å². The van der Waals surface area contributed by atoms with Gasteiger partial charge in [-0.15, -0.1) is 16.5 Å². The van der Waals surface area contributed by atoms with Gasteiger partial charge in [0.15, 0.2) is 0 Å². The molecule has 9 heteroatoms. The number of aromatic nitrogens is 5. The first-order valence-corrected chi connectivity index (χ1v) is 37.3. The molecule has 3 radical (unpaired) electrons. The van der Waals surface area contributed by atoms with Gasteiger partial charge in [-0.2, -0.15) is 72.8 Å². The van der Waals surface area contributed by atoms with Gasteiger partial charge in [0.1, 0.15) is 17.3 Å². The van der Waals surface area contributed by atoms with Crippen LogP contribution in [0.5, 0.6) is 0 Å². The zero-order valence-electron chi connectivity index (χ0n) is 60.4. The minimum Gasteiger partial charge on any atom is -0.319 e. The van der Waals surface area contributed by atoms with Gasteiger partial charge in [0.2, 0.25) is 0 Å². The van der Waals surface area contributed by atoms with E-state index >= 15 is 0 Å². The summed E-state index contributed by atoms with van der Waals surface area (Å²) in [5.41, 5.74) is 25.3. The molecular formula is C103H67Ir3N6-3. The summed E-state index contributed by atoms with van der Waals surface area (Å²) >= 11 is 0. The molecule has 5 aromatic heterocycles. The fourth-order valence-corrected chi connectivity index (χ4v) is 19.4. The fourth-order valence-electron chi connectivity index (χ4n) is 19.4. The molecular weight excluding hydrogens is 1900 g/mol. The average Bonchev–Trinajstić information content (AvgIpc) is 0.884. The Balaban J connectivity index is 0.000000118. The van der Waals surface area contributed by atoms with Gasteiger partial charge in [-0.25, -0.2) is 15.0 Å². The van der Waals surface area contributed by atoms with Crippen molar-refractivity contribution in [3.05, 3.63) is 514 Å². The molecule has 14 aromatic carbocycles. The van der Waals surface area contributed by atoms with Gasteiger partial charge in [0, 0.05) is 117 Å². The van der Waals surface area contributed by atoms with Crippen molar-refractivity contribution in [2.75, 3.05) is 4.90 Å². The molecule has 19 aromatic rings. The molecule has 0 atom stereocenters. The number of rotatable bonds is 8. The van der Waals surface area contributed by atoms with E-state index < -0.39 is 21.7 Å². The summed E-state index contributed by atoms with van der Waals surface area (Å²) in [4.78, 5) is 17.3. The molecule has 23 rings (SSSR count). The first-order chi connectivity index (χ1) is 54.2. The van der Waals surface area contributed by atoms with Crippen molar-refractivity contribution in [3.63, 3.8) is 0 Å². The summed E-state index contributed by atoms with van der Waals surface area (Å²) in [6.45, 7) is 0. The van der Waals surface area contributed by atoms with Gasteiger partial charge in [-0.05, 0) is 96.4 Å². The van der Waals surface area contributed by atoms with Crippen molar-refractivity contribution < 1.29 is 60.3 Å². The molecule has 0 amide bonds. The molecule has 0 N–H and O–H groups in total. The van der Waals surface area contributed by atoms with Gasteiger partial charge < -0.3 is 14.0 Å². The number of hydrogen-bond donors (Lipinski definition) is 0. The topological polar surface area (TPSA) is 51.8 Å². The molecule has 0 unspecified atom stereocenters. The van der Waals surface area contributed by atoms with Crippen LogP contribution in [0.2, 0.25) is 0 Å². The number of benzene rings is 14. The molecule has 0 spiro atoms. The SMILES string of the molecule is [Ir].[Ir].[Ir].[c-]1cccc2c1-n1c3ncccc3c3cccc(c31)C2(c1ccccc1)c1ccccc1.[c-]1cccc2c1N1c3ncccc3C(c3ccccc3)(c3ccccc3)c3cccc(c31)C2(c1ccccc1)c1ccccc1.[c-]1cccc2c3cccc4c3n(c12)-c1ncccc1C4(c1ccccc1)c1ccccc1. The van der Waals surface area contributed by atoms with Crippen LogP contribution in [0.4, 0.5) is 17.2 Å². The second kappa shape index (κ2) is 29.0. The van der Waals surface area contributed by atoms with Crippen LogP contribution in [-0.2, 0) is 82.0 Å². The van der Waals surface area contributed by atoms with E-state index in [1.807, 2.05) is 42.9 Å². The van der Waals surface area contributed by atoms with E-state index in [0.29, 0.717) is 0 Å². The molecule has 0 saturated heterocycles. The summed E-state index contributed by atoms with van der Waals surface area (Å²) in [6.07, 6.45) is 5.70. The third kappa shape index (κ3) is 10.2. The molecule has 4 aliphatic heterocycles. The van der Waals surface area contributed by atoms with Gasteiger partial charge in [0.05, 0.1) is 22.0 Å². The van der Waals surface area contributed by atoms with Crippen LogP contribution in [0.25, 0.3) is 55.2 Å². The van der Waals surface area contributed by atoms with Crippen LogP contribution in [0.3, 0.4) is 0 Å². The summed E-state index contributed by atoms with van der Waals surface area (Å²) < 4.78 is 4.61. The Morgan fingerprint density at radius 2 is 0.527 bits per heavy atom. The van der Waals surface area contributed by atoms with Crippen LogP contribution in [-0.4, -0.2) is 24.1 Å². The molecule has 0 bridgehead atoms. The predicted molar refractivity (Wildman–Crippen MR) is 440 cm³/mol. The van der Waals surface area contributed by atoms with E-state index in [4.69, 9.17) is 15.0 Å². The molecule has 112 heavy (non-hydrogen) atoms. The third-order valence-electron chi connectivity index (χ3n) is 23.4. The molecule has 539 valence electrons. The molecule has 4 aliphatic rings. The van der Waals surface area contributed by atoms with Gasteiger partial charge in [-0.1, -0.05) is 326 Å². The Bertz CT molecular complexity index is 6120. The minimum atomic E-state index is -0.598. The van der Waals surface area contributed by atoms with E-state index in [1.165, 1.54) is 122 Å². The summed E-state index contributed by atoms with van der Waals surface area (Å²) in [6, 6.07) is 150. The number of fused-ring (bicyclic) bond motifs is 14. The Morgan fingerprint density at radius 1 is 0.223 bits per heavy atom. The van der Waals surface area contributed by atoms with Crippen molar-refractivity contribution >= 4 is 60.9 Å². The maximum atomic E-state index is 5.19. The van der Waals surface area contributed by atoms with Crippen molar-refractivity contribution in [1.29, 1.82) is 0 Å². The maximum absolute atomic E-state index is 5.19. The van der Waals surface area contributed by atoms with Crippen LogP contribution in [0, 0.1) is 18.2 Å². The number of para-hydroxylation sites is 6. The van der Waals surface area contributed by atoms with Gasteiger partial charge in [-0.3, -0.25) is 0 Å². The number of nitrogens with zero attached hydrogens (tertiary/aromatic N) is 6. The van der Waals surface area contributed by atoms with Crippen molar-refractivity contribution in [3.8, 4) is 11.5 Å². The third-order valence-corrected chi connectivity index (χ3v) is 23.4. The first kappa shape index (κ1) is 71.5. The second-order valence-corrected chi connectivity index (χ2v) is 28.5. The zero-order valence-corrected chi connectivity index (χ0v) is 67.6. The number of pyridine rings is 3. The molecule has 0 saturated carbocycles. The molecule has 0 aliphatic carbocycles. The quantitative estimate of drug-likeness (QED) is 0.142. The smallest absolute Gasteiger partial charge is 0.143 e. The Morgan fingerprint density at radius 3 is 1.00 bits per heavy atom. The molecule has 6 nitrogen and oxygen atoms in total. The normalized spacial score (nSPS) is 13.9. The summed E-state index contributed by atoms with van der Waals surface area (Å²) in [7, 11) is 0. The molecule has 9 heterocycles. The van der Waals surface area contributed by atoms with Crippen molar-refractivity contribution in [1.82, 2.24) is 24.1 Å². The van der Waals surface area contributed by atoms with Crippen LogP contribution in [0.1, 0.15) is 89.0 Å². The predicted octanol–water partition coefficient (Wildman–Crippen LogP) is 23.1. The van der Waals surface area contributed by atoms with Crippen LogP contribution < -0.4 is 4.90 Å². The van der Waals surface area contributed by atoms with Crippen LogP contribution >= 0.6 is 0 Å². The zero-order chi connectivity index (χ0) is 72.1. The van der Waals surface area contributed by atoms with Crippen LogP contribution in [0.15, 0.2) is 407 Å². The second-order valence-electron chi connectivity index (χ2n) is 28.5. The van der Waals surface area contributed by atoms with Gasteiger partial charge >= 0.3 is 0 Å². The number of anilines is 3. The van der Waals surface area contributed by atoms with E-state index in [1.54, 1.807) is 0 Å². The Kier molecular flexibility index (Phi) is 18.5. The maximum Gasteiger partial charge on any atom is 0.143 e. The van der Waals surface area contributed by atoms with Crippen molar-refractivity contribution in [2.45, 2.75) is 21.7 Å². The number of hydrogen-bond acceptors (Lipinski definition) is 4. The van der Waals surface area contributed by atoms with E-state index in [-0.39, 0.29) is 60.3 Å². The fraction of sp³-hybridized carbons (Fsp3) is 0.0388. The van der Waals surface area contributed by atoms with Crippen molar-refractivity contribution in [2.24, 2.45) is 0 Å². The van der Waals surface area contributed by atoms with E-state index in [2.05, 4.69) is 396 Å². The Labute approximate surface area is 691 Å². The summed E-state index contributed by atoms with van der Waals surface area (Å²) in [5, 5.41) is 4.84. The minimum absolute atomic E-state index is 0. The van der Waals surface area contributed by atoms with Gasteiger partial charge in [0.25, 0.3) is 0 Å². The summed E-state index contributed by atoms with van der Waals surface area (Å²) in [5.74, 6) is 1.91. The Hall–Kier alpha value is -12.1. The van der Waals surface area contributed by atoms with E-state index in [0.717, 1.165) is 39.7 Å². The molecule has 0 fully saturated rings. The monoisotopic (exact) mass is 1970 g/mol. The first-order valence-electron chi connectivity index (χ1n) is 37.3. The largest absolute Gasteiger partial charge is 0.319 e. The standard InChI is InChI=1S/C43H29N2.2C30H19N2.3Ir/c1-5-17-31(18-6-1)42(32-19-7-2-8-20-32)35-25-13-14-29-39(35)45-40-36(42)26-15-27-37(40)43(33-21-9-3-10-22-33,34-23-11-4-12-24-34)38-28-16-30-44-41(38)45;1-3-11-21(12-4-1)30(22-13-5-2-6-14-22)25-17-7-8-19-27(25)32-28-23(15-9-18-26(28)30)24-16-10-20-31-29(24)32;1-3-11-21(12-4-1)30(22-13-5-2-6-14-22)25-17-9-16-24-23-15-7-8-19-27(23)32(28(24)25)29-26(30)18-10-20-31-29;;;/h1-28,30H;2*1-18,20H;;;/q3*-1;;;.